The number of halogens is 1. The van der Waals surface area contributed by atoms with Gasteiger partial charge in [-0.25, -0.2) is 9.97 Å². The molecule has 5 nitrogen and oxygen atoms in total. The van der Waals surface area contributed by atoms with Gasteiger partial charge in [-0.2, -0.15) is 4.98 Å². The maximum Gasteiger partial charge on any atom is 0.227 e. The number of rotatable bonds is 4. The fraction of sp³-hybridized carbons (Fsp3) is 0.188. The van der Waals surface area contributed by atoms with Crippen molar-refractivity contribution in [1.29, 1.82) is 0 Å². The van der Waals surface area contributed by atoms with Crippen LogP contribution in [0.2, 0.25) is 0 Å². The van der Waals surface area contributed by atoms with Crippen LogP contribution in [0.4, 0.5) is 5.95 Å². The van der Waals surface area contributed by atoms with E-state index in [1.807, 2.05) is 42.3 Å². The highest BCUT2D eigenvalue weighted by Gasteiger charge is 2.08. The lowest BCUT2D eigenvalue weighted by Gasteiger charge is -2.17. The topological polar surface area (TPSA) is 51.1 Å². The van der Waals surface area contributed by atoms with E-state index in [-0.39, 0.29) is 0 Å². The second-order valence-electron chi connectivity index (χ2n) is 4.94. The van der Waals surface area contributed by atoms with E-state index in [0.717, 1.165) is 21.2 Å². The molecule has 0 unspecified atom stereocenters. The summed E-state index contributed by atoms with van der Waals surface area (Å²) < 4.78 is 6.09. The molecule has 2 aromatic heterocycles. The van der Waals surface area contributed by atoms with Crippen LogP contribution >= 0.6 is 15.9 Å². The van der Waals surface area contributed by atoms with E-state index < -0.39 is 0 Å². The van der Waals surface area contributed by atoms with Crippen molar-refractivity contribution >= 4 is 32.9 Å². The molecule has 2 heterocycles. The summed E-state index contributed by atoms with van der Waals surface area (Å²) in [5, 5.41) is 0.913. The summed E-state index contributed by atoms with van der Waals surface area (Å²) in [5.41, 5.74) is 1.85. The SMILES string of the molecule is COc1ccc(CN(C)c2ncc3cc(Br)cnc3n2)cc1. The van der Waals surface area contributed by atoms with Gasteiger partial charge in [-0.05, 0) is 39.7 Å². The zero-order valence-corrected chi connectivity index (χ0v) is 13.9. The second-order valence-corrected chi connectivity index (χ2v) is 5.86. The average molecular weight is 359 g/mol. The van der Waals surface area contributed by atoms with Gasteiger partial charge in [0.25, 0.3) is 0 Å². The first-order valence-electron chi connectivity index (χ1n) is 6.78. The van der Waals surface area contributed by atoms with Crippen LogP contribution in [0.15, 0.2) is 47.2 Å². The molecular weight excluding hydrogens is 344 g/mol. The van der Waals surface area contributed by atoms with Crippen molar-refractivity contribution in [2.24, 2.45) is 0 Å². The van der Waals surface area contributed by atoms with E-state index in [2.05, 4.69) is 30.9 Å². The van der Waals surface area contributed by atoms with Gasteiger partial charge in [0.1, 0.15) is 5.75 Å². The van der Waals surface area contributed by atoms with Crippen LogP contribution in [-0.2, 0) is 6.54 Å². The Morgan fingerprint density at radius 1 is 1.14 bits per heavy atom. The molecule has 3 rings (SSSR count). The van der Waals surface area contributed by atoms with Gasteiger partial charge in [-0.1, -0.05) is 12.1 Å². The molecule has 0 amide bonds. The van der Waals surface area contributed by atoms with Crippen LogP contribution < -0.4 is 9.64 Å². The standard InChI is InChI=1S/C16H15BrN4O/c1-21(10-11-3-5-14(22-2)6-4-11)16-19-8-12-7-13(17)9-18-15(12)20-16/h3-9H,10H2,1-2H3. The summed E-state index contributed by atoms with van der Waals surface area (Å²) in [5.74, 6) is 1.50. The average Bonchev–Trinajstić information content (AvgIpc) is 2.55. The smallest absolute Gasteiger partial charge is 0.227 e. The number of pyridine rings is 1. The van der Waals surface area contributed by atoms with E-state index in [0.29, 0.717) is 18.1 Å². The third-order valence-electron chi connectivity index (χ3n) is 3.31. The second kappa shape index (κ2) is 6.27. The van der Waals surface area contributed by atoms with Gasteiger partial charge in [-0.3, -0.25) is 0 Å². The Balaban J connectivity index is 1.81. The molecule has 0 aliphatic carbocycles. The normalized spacial score (nSPS) is 10.7. The number of hydrogen-bond donors (Lipinski definition) is 0. The molecular formula is C16H15BrN4O. The Kier molecular flexibility index (Phi) is 4.20. The summed E-state index contributed by atoms with van der Waals surface area (Å²) in [7, 11) is 3.62. The highest BCUT2D eigenvalue weighted by Crippen LogP contribution is 2.18. The van der Waals surface area contributed by atoms with Crippen molar-refractivity contribution < 1.29 is 4.74 Å². The molecule has 0 aliphatic heterocycles. The number of fused-ring (bicyclic) bond motifs is 1. The number of hydrogen-bond acceptors (Lipinski definition) is 5. The quantitative estimate of drug-likeness (QED) is 0.714. The van der Waals surface area contributed by atoms with E-state index in [1.165, 1.54) is 0 Å². The zero-order chi connectivity index (χ0) is 15.5. The lowest BCUT2D eigenvalue weighted by molar-refractivity contribution is 0.414. The molecule has 0 bridgehead atoms. The molecule has 0 aliphatic rings. The number of benzene rings is 1. The summed E-state index contributed by atoms with van der Waals surface area (Å²) in [6.07, 6.45) is 3.53. The predicted molar refractivity (Wildman–Crippen MR) is 90.1 cm³/mol. The predicted octanol–water partition coefficient (Wildman–Crippen LogP) is 3.43. The molecule has 0 radical (unpaired) electrons. The molecule has 3 aromatic rings. The van der Waals surface area contributed by atoms with Crippen molar-refractivity contribution in [2.75, 3.05) is 19.1 Å². The van der Waals surface area contributed by atoms with Gasteiger partial charge in [0, 0.05) is 35.8 Å². The minimum atomic E-state index is 0.651. The number of anilines is 1. The lowest BCUT2D eigenvalue weighted by Crippen LogP contribution is -2.19. The number of aromatic nitrogens is 3. The minimum absolute atomic E-state index is 0.651. The molecule has 0 N–H and O–H groups in total. The highest BCUT2D eigenvalue weighted by molar-refractivity contribution is 9.10. The summed E-state index contributed by atoms with van der Waals surface area (Å²) >= 11 is 3.40. The Morgan fingerprint density at radius 2 is 1.91 bits per heavy atom. The van der Waals surface area contributed by atoms with E-state index in [4.69, 9.17) is 4.74 Å². The van der Waals surface area contributed by atoms with Gasteiger partial charge in [-0.15, -0.1) is 0 Å². The van der Waals surface area contributed by atoms with E-state index in [9.17, 15) is 0 Å². The van der Waals surface area contributed by atoms with Crippen LogP contribution in [-0.4, -0.2) is 29.1 Å². The van der Waals surface area contributed by atoms with Crippen LogP contribution in [0.3, 0.4) is 0 Å². The molecule has 0 spiro atoms. The summed E-state index contributed by atoms with van der Waals surface area (Å²) in [6.45, 7) is 0.714. The monoisotopic (exact) mass is 358 g/mol. The number of ether oxygens (including phenoxy) is 1. The van der Waals surface area contributed by atoms with Gasteiger partial charge in [0.2, 0.25) is 5.95 Å². The van der Waals surface area contributed by atoms with E-state index in [1.54, 1.807) is 19.5 Å². The first-order chi connectivity index (χ1) is 10.7. The van der Waals surface area contributed by atoms with Gasteiger partial charge in [0.05, 0.1) is 7.11 Å². The third kappa shape index (κ3) is 3.17. The molecule has 0 fully saturated rings. The largest absolute Gasteiger partial charge is 0.497 e. The molecule has 112 valence electrons. The minimum Gasteiger partial charge on any atom is -0.497 e. The molecule has 22 heavy (non-hydrogen) atoms. The van der Waals surface area contributed by atoms with Crippen molar-refractivity contribution in [2.45, 2.75) is 6.54 Å². The van der Waals surface area contributed by atoms with Crippen LogP contribution in [0.1, 0.15) is 5.56 Å². The first kappa shape index (κ1) is 14.7. The van der Waals surface area contributed by atoms with Crippen molar-refractivity contribution in [3.8, 4) is 5.75 Å². The summed E-state index contributed by atoms with van der Waals surface area (Å²) in [6, 6.07) is 9.92. The number of nitrogens with zero attached hydrogens (tertiary/aromatic N) is 4. The first-order valence-corrected chi connectivity index (χ1v) is 7.57. The van der Waals surface area contributed by atoms with E-state index >= 15 is 0 Å². The number of methoxy groups -OCH3 is 1. The molecule has 0 saturated heterocycles. The molecule has 1 aromatic carbocycles. The molecule has 6 heteroatoms. The van der Waals surface area contributed by atoms with Gasteiger partial charge in [0.15, 0.2) is 5.65 Å². The Labute approximate surface area is 137 Å². The van der Waals surface area contributed by atoms with Crippen molar-refractivity contribution in [3.05, 3.63) is 52.8 Å². The maximum absolute atomic E-state index is 5.17. The van der Waals surface area contributed by atoms with Crippen molar-refractivity contribution in [3.63, 3.8) is 0 Å². The van der Waals surface area contributed by atoms with Gasteiger partial charge < -0.3 is 9.64 Å². The zero-order valence-electron chi connectivity index (χ0n) is 12.3. The van der Waals surface area contributed by atoms with Crippen LogP contribution in [0.25, 0.3) is 11.0 Å². The Hall–Kier alpha value is -2.21. The van der Waals surface area contributed by atoms with Gasteiger partial charge >= 0.3 is 0 Å². The fourth-order valence-corrected chi connectivity index (χ4v) is 2.50. The highest BCUT2D eigenvalue weighted by atomic mass is 79.9. The van der Waals surface area contributed by atoms with Crippen molar-refractivity contribution in [1.82, 2.24) is 15.0 Å². The molecule has 0 atom stereocenters. The fourth-order valence-electron chi connectivity index (χ4n) is 2.15. The third-order valence-corrected chi connectivity index (χ3v) is 3.74. The van der Waals surface area contributed by atoms with Crippen LogP contribution in [0.5, 0.6) is 5.75 Å². The van der Waals surface area contributed by atoms with Crippen LogP contribution in [0, 0.1) is 0 Å². The molecule has 0 saturated carbocycles. The maximum atomic E-state index is 5.17. The Morgan fingerprint density at radius 3 is 2.64 bits per heavy atom. The lowest BCUT2D eigenvalue weighted by atomic mass is 10.2. The summed E-state index contributed by atoms with van der Waals surface area (Å²) in [4.78, 5) is 15.2. The Bertz CT molecular complexity index is 792.